The molecule has 0 aliphatic heterocycles. The Hall–Kier alpha value is -2.89. The number of rotatable bonds is 5. The van der Waals surface area contributed by atoms with Crippen LogP contribution in [0.1, 0.15) is 15.2 Å². The molecule has 0 saturated carbocycles. The van der Waals surface area contributed by atoms with Crippen molar-refractivity contribution in [2.75, 3.05) is 0 Å². The van der Waals surface area contributed by atoms with Gasteiger partial charge in [-0.2, -0.15) is 13.6 Å². The minimum atomic E-state index is -4.40. The molecular formula is C17H10F3NO5S2. The fraction of sp³-hybridized carbons (Fsp3) is 0. The number of benzene rings is 2. The van der Waals surface area contributed by atoms with Crippen molar-refractivity contribution in [1.29, 1.82) is 0 Å². The first-order chi connectivity index (χ1) is 13.1. The number of carbonyl (C=O) groups is 1. The van der Waals surface area contributed by atoms with E-state index < -0.39 is 50.6 Å². The van der Waals surface area contributed by atoms with Crippen molar-refractivity contribution in [3.05, 3.63) is 70.4 Å². The monoisotopic (exact) mass is 429 g/mol. The van der Waals surface area contributed by atoms with Crippen molar-refractivity contribution in [3.63, 3.8) is 0 Å². The predicted molar refractivity (Wildman–Crippen MR) is 94.9 cm³/mol. The van der Waals surface area contributed by atoms with Gasteiger partial charge in [0.1, 0.15) is 5.82 Å². The lowest BCUT2D eigenvalue weighted by molar-refractivity contribution is 0.103. The lowest BCUT2D eigenvalue weighted by Crippen LogP contribution is -2.19. The van der Waals surface area contributed by atoms with Gasteiger partial charge < -0.3 is 9.29 Å². The summed E-state index contributed by atoms with van der Waals surface area (Å²) < 4.78 is 67.8. The van der Waals surface area contributed by atoms with E-state index in [1.165, 1.54) is 18.2 Å². The summed E-state index contributed by atoms with van der Waals surface area (Å²) in [5, 5.41) is 14.0. The van der Waals surface area contributed by atoms with Gasteiger partial charge in [0.2, 0.25) is 5.78 Å². The summed E-state index contributed by atoms with van der Waals surface area (Å²) in [4.78, 5) is 12.7. The van der Waals surface area contributed by atoms with Gasteiger partial charge in [-0.1, -0.05) is 0 Å². The lowest BCUT2D eigenvalue weighted by atomic mass is 10.1. The summed E-state index contributed by atoms with van der Waals surface area (Å²) in [5.74, 6) is -5.99. The van der Waals surface area contributed by atoms with E-state index in [9.17, 15) is 31.5 Å². The highest BCUT2D eigenvalue weighted by Gasteiger charge is 2.23. The number of thiophene rings is 1. The highest BCUT2D eigenvalue weighted by molar-refractivity contribution is 7.84. The molecule has 3 N–H and O–H groups in total. The van der Waals surface area contributed by atoms with Gasteiger partial charge in [0.05, 0.1) is 10.4 Å². The van der Waals surface area contributed by atoms with Gasteiger partial charge in [-0.25, -0.2) is 13.2 Å². The summed E-state index contributed by atoms with van der Waals surface area (Å²) in [6.45, 7) is 0. The Bertz CT molecular complexity index is 1190. The number of halogens is 3. The molecule has 0 fully saturated rings. The summed E-state index contributed by atoms with van der Waals surface area (Å²) in [6, 6.07) is 7.57. The summed E-state index contributed by atoms with van der Waals surface area (Å²) in [5.41, 5.74) is -0.642. The highest BCUT2D eigenvalue weighted by Crippen LogP contribution is 2.33. The third-order valence-corrected chi connectivity index (χ3v) is 5.09. The van der Waals surface area contributed by atoms with E-state index in [2.05, 4.69) is 9.32 Å². The molecule has 6 nitrogen and oxygen atoms in total. The van der Waals surface area contributed by atoms with Gasteiger partial charge in [-0.15, -0.1) is 11.3 Å². The fourth-order valence-electron chi connectivity index (χ4n) is 2.33. The molecule has 2 aromatic carbocycles. The SMILES string of the molecule is NS(=O)(=O)Oc1ccc(-c2ccc(C(=O)c3c(F)ccc(O)c3F)s2)cc1F. The van der Waals surface area contributed by atoms with Crippen LogP contribution in [0.4, 0.5) is 13.2 Å². The highest BCUT2D eigenvalue weighted by atomic mass is 32.2. The molecule has 0 bridgehead atoms. The van der Waals surface area contributed by atoms with Gasteiger partial charge >= 0.3 is 10.3 Å². The second kappa shape index (κ2) is 7.26. The quantitative estimate of drug-likeness (QED) is 0.605. The predicted octanol–water partition coefficient (Wildman–Crippen LogP) is 3.35. The molecule has 0 unspecified atom stereocenters. The lowest BCUT2D eigenvalue weighted by Gasteiger charge is -2.05. The maximum absolute atomic E-state index is 14.0. The number of nitrogens with two attached hydrogens (primary N) is 1. The first-order valence-electron chi connectivity index (χ1n) is 7.40. The van der Waals surface area contributed by atoms with Crippen LogP contribution in [0.25, 0.3) is 10.4 Å². The third-order valence-electron chi connectivity index (χ3n) is 3.55. The van der Waals surface area contributed by atoms with E-state index in [-0.39, 0.29) is 10.4 Å². The van der Waals surface area contributed by atoms with E-state index >= 15 is 0 Å². The number of phenols is 1. The summed E-state index contributed by atoms with van der Waals surface area (Å²) in [6.07, 6.45) is 0. The van der Waals surface area contributed by atoms with E-state index in [1.807, 2.05) is 0 Å². The molecule has 0 spiro atoms. The molecule has 28 heavy (non-hydrogen) atoms. The molecule has 0 aliphatic rings. The molecule has 0 atom stereocenters. The van der Waals surface area contributed by atoms with Crippen LogP contribution in [-0.4, -0.2) is 19.3 Å². The second-order valence-electron chi connectivity index (χ2n) is 5.47. The molecule has 1 heterocycles. The number of hydrogen-bond donors (Lipinski definition) is 2. The molecule has 0 saturated heterocycles. The number of aromatic hydroxyl groups is 1. The van der Waals surface area contributed by atoms with E-state index in [1.54, 1.807) is 0 Å². The Morgan fingerprint density at radius 2 is 1.75 bits per heavy atom. The van der Waals surface area contributed by atoms with Gasteiger partial charge in [0.25, 0.3) is 0 Å². The average molecular weight is 429 g/mol. The van der Waals surface area contributed by atoms with Crippen molar-refractivity contribution in [2.45, 2.75) is 0 Å². The van der Waals surface area contributed by atoms with Crippen LogP contribution in [0.3, 0.4) is 0 Å². The molecule has 3 rings (SSSR count). The largest absolute Gasteiger partial charge is 0.505 e. The fourth-order valence-corrected chi connectivity index (χ4v) is 3.67. The number of carbonyl (C=O) groups excluding carboxylic acids is 1. The van der Waals surface area contributed by atoms with E-state index in [0.717, 1.165) is 35.6 Å². The van der Waals surface area contributed by atoms with Crippen molar-refractivity contribution < 1.29 is 35.7 Å². The van der Waals surface area contributed by atoms with Crippen molar-refractivity contribution in [3.8, 4) is 21.9 Å². The molecule has 0 aliphatic carbocycles. The Labute approximate surface area is 160 Å². The topological polar surface area (TPSA) is 107 Å². The molecule has 11 heteroatoms. The average Bonchev–Trinajstić information content (AvgIpc) is 3.09. The van der Waals surface area contributed by atoms with Crippen molar-refractivity contribution in [1.82, 2.24) is 0 Å². The second-order valence-corrected chi connectivity index (χ2v) is 7.71. The number of hydrogen-bond acceptors (Lipinski definition) is 6. The first kappa shape index (κ1) is 19.9. The summed E-state index contributed by atoms with van der Waals surface area (Å²) in [7, 11) is -4.40. The standard InChI is InChI=1S/C17H10F3NO5S2/c18-9-2-3-11(22)16(20)15(9)17(23)14-6-5-13(27-14)8-1-4-12(10(19)7-8)26-28(21,24)25/h1-7,22H,(H2,21,24,25). The van der Waals surface area contributed by atoms with Gasteiger partial charge in [0, 0.05) is 4.88 Å². The zero-order valence-electron chi connectivity index (χ0n) is 13.6. The smallest absolute Gasteiger partial charge is 0.380 e. The maximum Gasteiger partial charge on any atom is 0.380 e. The Morgan fingerprint density at radius 1 is 1.04 bits per heavy atom. The molecule has 0 amide bonds. The number of ketones is 1. The van der Waals surface area contributed by atoms with Crippen LogP contribution in [0.15, 0.2) is 42.5 Å². The van der Waals surface area contributed by atoms with E-state index in [4.69, 9.17) is 0 Å². The Kier molecular flexibility index (Phi) is 5.15. The zero-order chi connectivity index (χ0) is 20.6. The molecule has 146 valence electrons. The van der Waals surface area contributed by atoms with Crippen molar-refractivity contribution in [2.24, 2.45) is 5.14 Å². The van der Waals surface area contributed by atoms with Crippen molar-refractivity contribution >= 4 is 27.4 Å². The van der Waals surface area contributed by atoms with Crippen LogP contribution in [0, 0.1) is 17.5 Å². The Morgan fingerprint density at radius 3 is 2.39 bits per heavy atom. The minimum Gasteiger partial charge on any atom is -0.505 e. The summed E-state index contributed by atoms with van der Waals surface area (Å²) >= 11 is 0.825. The minimum absolute atomic E-state index is 0.0522. The van der Waals surface area contributed by atoms with Crippen LogP contribution < -0.4 is 9.32 Å². The van der Waals surface area contributed by atoms with E-state index in [0.29, 0.717) is 4.88 Å². The van der Waals surface area contributed by atoms with Gasteiger partial charge in [-0.3, -0.25) is 4.79 Å². The maximum atomic E-state index is 14.0. The van der Waals surface area contributed by atoms with Gasteiger partial charge in [-0.05, 0) is 48.0 Å². The number of phenolic OH excluding ortho intramolecular Hbond substituents is 1. The van der Waals surface area contributed by atoms with Crippen LogP contribution in [0.5, 0.6) is 11.5 Å². The van der Waals surface area contributed by atoms with Gasteiger partial charge in [0.15, 0.2) is 23.1 Å². The van der Waals surface area contributed by atoms with Crippen LogP contribution >= 0.6 is 11.3 Å². The molecule has 1 aromatic heterocycles. The first-order valence-corrected chi connectivity index (χ1v) is 9.69. The van der Waals surface area contributed by atoms with Crippen LogP contribution in [0.2, 0.25) is 0 Å². The Balaban J connectivity index is 1.94. The molecule has 0 radical (unpaired) electrons. The van der Waals surface area contributed by atoms with Crippen LogP contribution in [-0.2, 0) is 10.3 Å². The normalized spacial score (nSPS) is 11.4. The molecular weight excluding hydrogens is 419 g/mol. The third kappa shape index (κ3) is 4.01. The molecule has 3 aromatic rings. The zero-order valence-corrected chi connectivity index (χ0v) is 15.3.